The van der Waals surface area contributed by atoms with E-state index in [-0.39, 0.29) is 17.9 Å². The van der Waals surface area contributed by atoms with Crippen molar-refractivity contribution in [3.05, 3.63) is 75.7 Å². The van der Waals surface area contributed by atoms with Crippen LogP contribution >= 0.6 is 11.3 Å². The van der Waals surface area contributed by atoms with E-state index < -0.39 is 12.1 Å². The Labute approximate surface area is 238 Å². The number of carbonyl (C=O) groups excluding carboxylic acids is 2. The second kappa shape index (κ2) is 14.6. The molecule has 0 saturated carbocycles. The number of carboxylic acid groups (broad SMARTS) is 1. The van der Waals surface area contributed by atoms with Crippen molar-refractivity contribution in [3.8, 4) is 0 Å². The average molecular weight is 594 g/mol. The summed E-state index contributed by atoms with van der Waals surface area (Å²) in [6, 6.07) is 13.7. The number of benzene rings is 2. The van der Waals surface area contributed by atoms with Crippen molar-refractivity contribution in [1.29, 1.82) is 0 Å². The number of nitrogens with zero attached hydrogens (tertiary/aromatic N) is 3. The molecule has 0 spiro atoms. The van der Waals surface area contributed by atoms with Crippen molar-refractivity contribution in [3.63, 3.8) is 0 Å². The number of rotatable bonds is 8. The Bertz CT molecular complexity index is 1350. The zero-order valence-corrected chi connectivity index (χ0v) is 23.2. The third-order valence-corrected chi connectivity index (χ3v) is 6.29. The zero-order chi connectivity index (χ0) is 30.7. The van der Waals surface area contributed by atoms with Gasteiger partial charge in [0, 0.05) is 36.1 Å². The number of guanidine groups is 1. The lowest BCUT2D eigenvalue weighted by Gasteiger charge is -2.17. The highest BCUT2D eigenvalue weighted by Crippen LogP contribution is 2.20. The smallest absolute Gasteiger partial charge is 0.475 e. The Kier molecular flexibility index (Phi) is 11.6. The molecule has 220 valence electrons. The first-order valence-electron chi connectivity index (χ1n) is 12.0. The van der Waals surface area contributed by atoms with E-state index in [1.54, 1.807) is 59.7 Å². The minimum Gasteiger partial charge on any atom is -0.475 e. The molecule has 41 heavy (non-hydrogen) atoms. The van der Waals surface area contributed by atoms with Crippen LogP contribution in [0.5, 0.6) is 0 Å². The van der Waals surface area contributed by atoms with Crippen LogP contribution in [0, 0.1) is 0 Å². The molecule has 1 heterocycles. The average Bonchev–Trinajstić information content (AvgIpc) is 3.37. The molecule has 1 aromatic heterocycles. The third-order valence-electron chi connectivity index (χ3n) is 5.10. The van der Waals surface area contributed by atoms with Gasteiger partial charge in [0.2, 0.25) is 0 Å². The summed E-state index contributed by atoms with van der Waals surface area (Å²) in [5, 5.41) is 15.9. The lowest BCUT2D eigenvalue weighted by molar-refractivity contribution is -0.192. The fourth-order valence-electron chi connectivity index (χ4n) is 3.03. The summed E-state index contributed by atoms with van der Waals surface area (Å²) in [5.41, 5.74) is 14.2. The SMILES string of the molecule is CC(C)c1nc(CN(C)C(=O)NCc2ccc(NC(=O)c3ccc(N=C(N)N)cc3)cc2)cs1.O=C(O)C(F)(F)F. The largest absolute Gasteiger partial charge is 0.490 e. The van der Waals surface area contributed by atoms with Crippen LogP contribution in [0.15, 0.2) is 58.9 Å². The molecule has 0 fully saturated rings. The van der Waals surface area contributed by atoms with E-state index in [9.17, 15) is 22.8 Å². The van der Waals surface area contributed by atoms with Crippen molar-refractivity contribution >= 4 is 46.6 Å². The van der Waals surface area contributed by atoms with E-state index in [0.717, 1.165) is 16.3 Å². The third kappa shape index (κ3) is 11.2. The van der Waals surface area contributed by atoms with Gasteiger partial charge in [0.1, 0.15) is 0 Å². The van der Waals surface area contributed by atoms with Crippen molar-refractivity contribution < 1.29 is 32.7 Å². The molecule has 0 aliphatic rings. The highest BCUT2D eigenvalue weighted by Gasteiger charge is 2.38. The Balaban J connectivity index is 0.000000745. The molecule has 3 amide bonds. The number of thiazole rings is 1. The first kappa shape index (κ1) is 32.6. The van der Waals surface area contributed by atoms with E-state index in [2.05, 4.69) is 34.5 Å². The second-order valence-corrected chi connectivity index (χ2v) is 9.77. The summed E-state index contributed by atoms with van der Waals surface area (Å²) < 4.78 is 31.7. The van der Waals surface area contributed by atoms with E-state index in [1.807, 2.05) is 17.5 Å². The summed E-state index contributed by atoms with van der Waals surface area (Å²) in [6.45, 7) is 5.02. The molecular formula is C26H30F3N7O4S. The number of hydrogen-bond acceptors (Lipinski definition) is 6. The first-order valence-corrected chi connectivity index (χ1v) is 12.9. The monoisotopic (exact) mass is 593 g/mol. The van der Waals surface area contributed by atoms with Crippen LogP contribution in [0.25, 0.3) is 0 Å². The number of anilines is 1. The number of hydrogen-bond donors (Lipinski definition) is 5. The fourth-order valence-corrected chi connectivity index (χ4v) is 3.86. The van der Waals surface area contributed by atoms with Crippen molar-refractivity contribution in [2.45, 2.75) is 39.0 Å². The maximum atomic E-state index is 12.4. The van der Waals surface area contributed by atoms with Gasteiger partial charge in [0.15, 0.2) is 5.96 Å². The molecule has 2 aromatic carbocycles. The minimum absolute atomic E-state index is 0.0418. The summed E-state index contributed by atoms with van der Waals surface area (Å²) in [6.07, 6.45) is -5.08. The predicted molar refractivity (Wildman–Crippen MR) is 150 cm³/mol. The molecular weight excluding hydrogens is 563 g/mol. The van der Waals surface area contributed by atoms with Gasteiger partial charge in [-0.1, -0.05) is 26.0 Å². The van der Waals surface area contributed by atoms with E-state index >= 15 is 0 Å². The van der Waals surface area contributed by atoms with Crippen molar-refractivity contribution in [1.82, 2.24) is 15.2 Å². The van der Waals surface area contributed by atoms with Crippen LogP contribution in [-0.4, -0.2) is 52.1 Å². The molecule has 0 bridgehead atoms. The molecule has 0 atom stereocenters. The Hall–Kier alpha value is -4.66. The molecule has 11 nitrogen and oxygen atoms in total. The molecule has 0 aliphatic heterocycles. The predicted octanol–water partition coefficient (Wildman–Crippen LogP) is 4.40. The maximum absolute atomic E-state index is 12.4. The number of aliphatic carboxylic acids is 1. The van der Waals surface area contributed by atoms with Gasteiger partial charge in [-0.15, -0.1) is 11.3 Å². The number of amides is 3. The van der Waals surface area contributed by atoms with Crippen LogP contribution in [-0.2, 0) is 17.9 Å². The second-order valence-electron chi connectivity index (χ2n) is 8.88. The Morgan fingerprint density at radius 1 is 1.07 bits per heavy atom. The summed E-state index contributed by atoms with van der Waals surface area (Å²) in [5.74, 6) is -2.67. The standard InChI is InChI=1S/C24H29N7O2S.C2HF3O2/c1-15(2)22-29-20(14-34-22)13-31(3)24(33)27-12-16-4-8-18(9-5-16)28-21(32)17-6-10-19(11-7-17)30-23(25)26;3-2(4,5)1(6)7/h4-11,14-15H,12-13H2,1-3H3,(H,27,33)(H,28,32)(H4,25,26,30);(H,6,7). The normalized spacial score (nSPS) is 10.7. The van der Waals surface area contributed by atoms with Crippen LogP contribution in [0.1, 0.15) is 46.4 Å². The maximum Gasteiger partial charge on any atom is 0.490 e. The number of halogens is 3. The quantitative estimate of drug-likeness (QED) is 0.190. The number of carbonyl (C=O) groups is 3. The van der Waals surface area contributed by atoms with Crippen LogP contribution in [0.2, 0.25) is 0 Å². The van der Waals surface area contributed by atoms with Gasteiger partial charge < -0.3 is 32.1 Å². The summed E-state index contributed by atoms with van der Waals surface area (Å²) in [7, 11) is 1.74. The number of urea groups is 1. The molecule has 3 rings (SSSR count). The van der Waals surface area contributed by atoms with E-state index in [0.29, 0.717) is 35.9 Å². The Morgan fingerprint density at radius 2 is 1.66 bits per heavy atom. The topological polar surface area (TPSA) is 176 Å². The molecule has 0 unspecified atom stereocenters. The lowest BCUT2D eigenvalue weighted by atomic mass is 10.1. The highest BCUT2D eigenvalue weighted by atomic mass is 32.1. The van der Waals surface area contributed by atoms with Crippen LogP contribution in [0.4, 0.5) is 29.3 Å². The van der Waals surface area contributed by atoms with E-state index in [1.165, 1.54) is 0 Å². The molecule has 0 saturated heterocycles. The number of nitrogens with two attached hydrogens (primary N) is 2. The molecule has 0 radical (unpaired) electrons. The minimum atomic E-state index is -5.08. The zero-order valence-electron chi connectivity index (χ0n) is 22.4. The van der Waals surface area contributed by atoms with Gasteiger partial charge in [-0.3, -0.25) is 4.79 Å². The number of aliphatic imine (C=N–C) groups is 1. The van der Waals surface area contributed by atoms with Gasteiger partial charge in [0.05, 0.1) is 22.9 Å². The van der Waals surface area contributed by atoms with Crippen molar-refractivity contribution in [2.75, 3.05) is 12.4 Å². The summed E-state index contributed by atoms with van der Waals surface area (Å²) >= 11 is 1.61. The van der Waals surface area contributed by atoms with Crippen molar-refractivity contribution in [2.24, 2.45) is 16.5 Å². The number of carboxylic acids is 1. The fraction of sp³-hybridized carbons (Fsp3) is 0.269. The number of nitrogens with one attached hydrogen (secondary N) is 2. The highest BCUT2D eigenvalue weighted by molar-refractivity contribution is 7.09. The molecule has 0 aliphatic carbocycles. The van der Waals surface area contributed by atoms with Crippen LogP contribution < -0.4 is 22.1 Å². The van der Waals surface area contributed by atoms with Gasteiger partial charge in [0.25, 0.3) is 5.91 Å². The first-order chi connectivity index (χ1) is 19.1. The number of alkyl halides is 3. The van der Waals surface area contributed by atoms with E-state index in [4.69, 9.17) is 21.4 Å². The summed E-state index contributed by atoms with van der Waals surface area (Å²) in [4.78, 5) is 43.9. The lowest BCUT2D eigenvalue weighted by Crippen LogP contribution is -2.36. The molecule has 15 heteroatoms. The van der Waals surface area contributed by atoms with Gasteiger partial charge in [-0.2, -0.15) is 13.2 Å². The molecule has 7 N–H and O–H groups in total. The number of aromatic nitrogens is 1. The Morgan fingerprint density at radius 3 is 2.15 bits per heavy atom. The van der Waals surface area contributed by atoms with Crippen LogP contribution in [0.3, 0.4) is 0 Å². The van der Waals surface area contributed by atoms with Gasteiger partial charge in [-0.05, 0) is 42.0 Å². The van der Waals surface area contributed by atoms with Gasteiger partial charge >= 0.3 is 18.2 Å². The van der Waals surface area contributed by atoms with Gasteiger partial charge in [-0.25, -0.2) is 19.6 Å². The molecule has 3 aromatic rings.